The summed E-state index contributed by atoms with van der Waals surface area (Å²) >= 11 is 1.46. The number of furan rings is 2. The van der Waals surface area contributed by atoms with Crippen molar-refractivity contribution in [2.75, 3.05) is 6.54 Å². The summed E-state index contributed by atoms with van der Waals surface area (Å²) in [5.41, 5.74) is -0.742. The zero-order chi connectivity index (χ0) is 14.7. The van der Waals surface area contributed by atoms with E-state index >= 15 is 0 Å². The fraction of sp³-hybridized carbons (Fsp3) is 0.133. The highest BCUT2D eigenvalue weighted by molar-refractivity contribution is 7.08. The first kappa shape index (κ1) is 13.7. The Hall–Kier alpha value is -2.31. The topological polar surface area (TPSA) is 75.6 Å². The number of thiophene rings is 1. The smallest absolute Gasteiger partial charge is 0.287 e. The molecule has 0 aromatic carbocycles. The van der Waals surface area contributed by atoms with Gasteiger partial charge < -0.3 is 19.3 Å². The maximum Gasteiger partial charge on any atom is 0.287 e. The number of amides is 1. The van der Waals surface area contributed by atoms with Crippen LogP contribution in [0.5, 0.6) is 0 Å². The molecule has 3 aromatic rings. The summed E-state index contributed by atoms with van der Waals surface area (Å²) < 4.78 is 10.4. The fourth-order valence-electron chi connectivity index (χ4n) is 2.05. The van der Waals surface area contributed by atoms with Crippen LogP contribution < -0.4 is 5.32 Å². The zero-order valence-electron chi connectivity index (χ0n) is 11.0. The van der Waals surface area contributed by atoms with E-state index in [9.17, 15) is 9.90 Å². The molecule has 0 radical (unpaired) electrons. The van der Waals surface area contributed by atoms with Crippen LogP contribution in [0.3, 0.4) is 0 Å². The van der Waals surface area contributed by atoms with Gasteiger partial charge in [-0.25, -0.2) is 0 Å². The maximum atomic E-state index is 11.9. The van der Waals surface area contributed by atoms with E-state index in [0.717, 1.165) is 0 Å². The molecule has 0 saturated carbocycles. The predicted molar refractivity (Wildman–Crippen MR) is 77.1 cm³/mol. The van der Waals surface area contributed by atoms with Crippen LogP contribution in [-0.2, 0) is 5.60 Å². The Balaban J connectivity index is 1.83. The standard InChI is InChI=1S/C15H13NO4S/c17-14(12-3-1-6-19-12)16-10-15(18,11-5-8-21-9-11)13-4-2-7-20-13/h1-9,18H,10H2,(H,16,17)/t15-/m1/s1. The van der Waals surface area contributed by atoms with E-state index in [1.165, 1.54) is 23.9 Å². The lowest BCUT2D eigenvalue weighted by atomic mass is 9.93. The van der Waals surface area contributed by atoms with Crippen molar-refractivity contribution in [1.82, 2.24) is 5.32 Å². The number of hydrogen-bond donors (Lipinski definition) is 2. The van der Waals surface area contributed by atoms with E-state index in [1.54, 1.807) is 30.3 Å². The minimum Gasteiger partial charge on any atom is -0.466 e. The molecule has 21 heavy (non-hydrogen) atoms. The minimum absolute atomic E-state index is 0.0171. The molecule has 0 fully saturated rings. The molecule has 6 heteroatoms. The highest BCUT2D eigenvalue weighted by Crippen LogP contribution is 2.31. The van der Waals surface area contributed by atoms with Crippen LogP contribution in [0.4, 0.5) is 0 Å². The van der Waals surface area contributed by atoms with Gasteiger partial charge in [0.1, 0.15) is 5.76 Å². The summed E-state index contributed by atoms with van der Waals surface area (Å²) in [6.07, 6.45) is 2.91. The summed E-state index contributed by atoms with van der Waals surface area (Å²) in [6.45, 7) is -0.0171. The van der Waals surface area contributed by atoms with Gasteiger partial charge in [-0.05, 0) is 41.1 Å². The van der Waals surface area contributed by atoms with Gasteiger partial charge in [-0.15, -0.1) is 0 Å². The van der Waals surface area contributed by atoms with E-state index in [2.05, 4.69) is 5.32 Å². The lowest BCUT2D eigenvalue weighted by Gasteiger charge is -2.25. The highest BCUT2D eigenvalue weighted by atomic mass is 32.1. The van der Waals surface area contributed by atoms with E-state index in [-0.39, 0.29) is 18.2 Å². The van der Waals surface area contributed by atoms with Gasteiger partial charge in [0.25, 0.3) is 5.91 Å². The Kier molecular flexibility index (Phi) is 3.64. The van der Waals surface area contributed by atoms with Crippen molar-refractivity contribution >= 4 is 17.2 Å². The first-order valence-electron chi connectivity index (χ1n) is 6.31. The van der Waals surface area contributed by atoms with Gasteiger partial charge in [-0.1, -0.05) is 0 Å². The number of carbonyl (C=O) groups is 1. The molecule has 2 N–H and O–H groups in total. The number of rotatable bonds is 5. The second-order valence-corrected chi connectivity index (χ2v) is 5.29. The molecule has 0 aliphatic rings. The SMILES string of the molecule is O=C(NC[C@@](O)(c1ccsc1)c1ccco1)c1ccco1. The largest absolute Gasteiger partial charge is 0.466 e. The molecule has 3 heterocycles. The first-order valence-corrected chi connectivity index (χ1v) is 7.25. The Morgan fingerprint density at radius 3 is 2.67 bits per heavy atom. The Morgan fingerprint density at radius 2 is 2.05 bits per heavy atom. The van der Waals surface area contributed by atoms with Crippen molar-refractivity contribution in [3.8, 4) is 0 Å². The lowest BCUT2D eigenvalue weighted by molar-refractivity contribution is 0.0521. The molecule has 5 nitrogen and oxygen atoms in total. The molecule has 3 aromatic heterocycles. The second-order valence-electron chi connectivity index (χ2n) is 4.51. The summed E-state index contributed by atoms with van der Waals surface area (Å²) in [7, 11) is 0. The average Bonchev–Trinajstić information content (AvgIpc) is 3.27. The van der Waals surface area contributed by atoms with Gasteiger partial charge in [0.15, 0.2) is 11.4 Å². The molecular formula is C15H13NO4S. The fourth-order valence-corrected chi connectivity index (χ4v) is 2.77. The molecule has 1 atom stereocenters. The van der Waals surface area contributed by atoms with Gasteiger partial charge in [0, 0.05) is 5.56 Å². The van der Waals surface area contributed by atoms with Crippen molar-refractivity contribution in [3.05, 3.63) is 70.7 Å². The van der Waals surface area contributed by atoms with Gasteiger partial charge in [0.05, 0.1) is 19.1 Å². The number of hydrogen-bond acceptors (Lipinski definition) is 5. The lowest BCUT2D eigenvalue weighted by Crippen LogP contribution is -2.41. The van der Waals surface area contributed by atoms with E-state index < -0.39 is 5.60 Å². The van der Waals surface area contributed by atoms with Crippen LogP contribution in [0.15, 0.2) is 62.5 Å². The Morgan fingerprint density at radius 1 is 1.24 bits per heavy atom. The van der Waals surface area contributed by atoms with Crippen LogP contribution in [-0.4, -0.2) is 17.6 Å². The second kappa shape index (κ2) is 5.59. The summed E-state index contributed by atoms with van der Waals surface area (Å²) in [5.74, 6) is 0.183. The van der Waals surface area contributed by atoms with Crippen LogP contribution in [0, 0.1) is 0 Å². The summed E-state index contributed by atoms with van der Waals surface area (Å²) in [6, 6.07) is 8.36. The molecule has 0 bridgehead atoms. The molecule has 108 valence electrons. The summed E-state index contributed by atoms with van der Waals surface area (Å²) in [5, 5.41) is 17.3. The molecular weight excluding hydrogens is 290 g/mol. The van der Waals surface area contributed by atoms with Crippen molar-refractivity contribution in [1.29, 1.82) is 0 Å². The van der Waals surface area contributed by atoms with Gasteiger partial charge >= 0.3 is 0 Å². The molecule has 0 unspecified atom stereocenters. The van der Waals surface area contributed by atoms with Crippen LogP contribution in [0.1, 0.15) is 21.9 Å². The first-order chi connectivity index (χ1) is 10.2. The third-order valence-electron chi connectivity index (χ3n) is 3.18. The number of carbonyl (C=O) groups excluding carboxylic acids is 1. The predicted octanol–water partition coefficient (Wildman–Crippen LogP) is 2.60. The Bertz CT molecular complexity index is 652. The molecule has 0 saturated heterocycles. The number of nitrogens with one attached hydrogen (secondary N) is 1. The van der Waals surface area contributed by atoms with E-state index in [4.69, 9.17) is 8.83 Å². The van der Waals surface area contributed by atoms with E-state index in [1.807, 2.05) is 10.8 Å². The summed E-state index contributed by atoms with van der Waals surface area (Å²) in [4.78, 5) is 11.9. The zero-order valence-corrected chi connectivity index (χ0v) is 11.8. The molecule has 0 aliphatic carbocycles. The Labute approximate surface area is 124 Å². The van der Waals surface area contributed by atoms with Crippen molar-refractivity contribution in [2.24, 2.45) is 0 Å². The maximum absolute atomic E-state index is 11.9. The molecule has 0 spiro atoms. The quantitative estimate of drug-likeness (QED) is 0.759. The average molecular weight is 303 g/mol. The van der Waals surface area contributed by atoms with Crippen LogP contribution in [0.2, 0.25) is 0 Å². The third-order valence-corrected chi connectivity index (χ3v) is 3.86. The highest BCUT2D eigenvalue weighted by Gasteiger charge is 2.35. The van der Waals surface area contributed by atoms with Crippen molar-refractivity contribution < 1.29 is 18.7 Å². The number of aliphatic hydroxyl groups is 1. The third kappa shape index (κ3) is 2.63. The monoisotopic (exact) mass is 303 g/mol. The molecule has 1 amide bonds. The van der Waals surface area contributed by atoms with Gasteiger partial charge in [-0.3, -0.25) is 4.79 Å². The molecule has 0 aliphatic heterocycles. The minimum atomic E-state index is -1.41. The van der Waals surface area contributed by atoms with E-state index in [0.29, 0.717) is 11.3 Å². The van der Waals surface area contributed by atoms with Gasteiger partial charge in [-0.2, -0.15) is 11.3 Å². The normalized spacial score (nSPS) is 13.8. The van der Waals surface area contributed by atoms with Crippen LogP contribution in [0.25, 0.3) is 0 Å². The van der Waals surface area contributed by atoms with Crippen molar-refractivity contribution in [2.45, 2.75) is 5.60 Å². The van der Waals surface area contributed by atoms with Gasteiger partial charge in [0.2, 0.25) is 0 Å². The van der Waals surface area contributed by atoms with Crippen molar-refractivity contribution in [3.63, 3.8) is 0 Å². The van der Waals surface area contributed by atoms with Crippen LogP contribution >= 0.6 is 11.3 Å². The molecule has 3 rings (SSSR count).